The van der Waals surface area contributed by atoms with E-state index in [1.165, 1.54) is 10.9 Å². The van der Waals surface area contributed by atoms with Gasteiger partial charge < -0.3 is 5.32 Å². The van der Waals surface area contributed by atoms with Crippen molar-refractivity contribution in [2.24, 2.45) is 0 Å². The van der Waals surface area contributed by atoms with Crippen molar-refractivity contribution in [3.05, 3.63) is 46.5 Å². The van der Waals surface area contributed by atoms with E-state index in [-0.39, 0.29) is 6.04 Å². The van der Waals surface area contributed by atoms with E-state index < -0.39 is 0 Å². The number of nitrogens with zero attached hydrogens (tertiary/aromatic N) is 3. The van der Waals surface area contributed by atoms with Crippen molar-refractivity contribution >= 4 is 22.2 Å². The fourth-order valence-corrected chi connectivity index (χ4v) is 3.14. The Hall–Kier alpha value is -1.72. The number of nitrogens with one attached hydrogen (secondary N) is 1. The first kappa shape index (κ1) is 13.3. The van der Waals surface area contributed by atoms with E-state index in [9.17, 15) is 0 Å². The molecular weight excluding hydrogens is 268 g/mol. The molecule has 0 bridgehead atoms. The quantitative estimate of drug-likeness (QED) is 0.784. The highest BCUT2D eigenvalue weighted by molar-refractivity contribution is 7.07. The van der Waals surface area contributed by atoms with Gasteiger partial charge in [-0.25, -0.2) is 4.98 Å². The van der Waals surface area contributed by atoms with Gasteiger partial charge in [0.15, 0.2) is 0 Å². The molecule has 0 saturated heterocycles. The molecule has 0 aliphatic rings. The monoisotopic (exact) mass is 286 g/mol. The number of likely N-dealkylation sites (N-methyl/N-ethyl adjacent to an activating group) is 1. The molecule has 2 heterocycles. The van der Waals surface area contributed by atoms with Crippen molar-refractivity contribution in [3.8, 4) is 0 Å². The van der Waals surface area contributed by atoms with Gasteiger partial charge >= 0.3 is 0 Å². The average Bonchev–Trinajstić information content (AvgIpc) is 3.13. The summed E-state index contributed by atoms with van der Waals surface area (Å²) < 4.78 is 2.07. The van der Waals surface area contributed by atoms with Crippen molar-refractivity contribution in [1.29, 1.82) is 0 Å². The van der Waals surface area contributed by atoms with Gasteiger partial charge in [-0.1, -0.05) is 18.2 Å². The molecule has 1 aromatic carbocycles. The first-order chi connectivity index (χ1) is 9.83. The number of hydrogen-bond acceptors (Lipinski definition) is 4. The molecular formula is C15H18N4S. The zero-order chi connectivity index (χ0) is 13.9. The van der Waals surface area contributed by atoms with Gasteiger partial charge in [0.25, 0.3) is 0 Å². The maximum Gasteiger partial charge on any atom is 0.0795 e. The molecule has 2 aromatic heterocycles. The van der Waals surface area contributed by atoms with E-state index in [0.29, 0.717) is 0 Å². The number of aromatic nitrogens is 3. The number of aryl methyl sites for hydroxylation is 1. The van der Waals surface area contributed by atoms with Crippen LogP contribution in [0.25, 0.3) is 10.9 Å². The van der Waals surface area contributed by atoms with Crippen LogP contribution in [0.15, 0.2) is 35.2 Å². The van der Waals surface area contributed by atoms with E-state index in [2.05, 4.69) is 51.6 Å². The summed E-state index contributed by atoms with van der Waals surface area (Å²) in [5.74, 6) is 0. The van der Waals surface area contributed by atoms with Gasteiger partial charge in [0, 0.05) is 23.7 Å². The van der Waals surface area contributed by atoms with Crippen LogP contribution in [-0.4, -0.2) is 21.8 Å². The number of fused-ring (bicyclic) bond motifs is 1. The minimum Gasteiger partial charge on any atom is -0.311 e. The zero-order valence-corrected chi connectivity index (χ0v) is 12.5. The second kappa shape index (κ2) is 5.73. The van der Waals surface area contributed by atoms with E-state index in [0.717, 1.165) is 24.4 Å². The Balaban J connectivity index is 1.98. The Morgan fingerprint density at radius 2 is 2.20 bits per heavy atom. The third kappa shape index (κ3) is 2.34. The summed E-state index contributed by atoms with van der Waals surface area (Å²) >= 11 is 1.63. The third-order valence-corrected chi connectivity index (χ3v) is 4.19. The van der Waals surface area contributed by atoms with Crippen LogP contribution in [0.1, 0.15) is 24.4 Å². The molecule has 20 heavy (non-hydrogen) atoms. The fourth-order valence-electron chi connectivity index (χ4n) is 2.53. The van der Waals surface area contributed by atoms with Gasteiger partial charge in [-0.3, -0.25) is 4.68 Å². The highest BCUT2D eigenvalue weighted by Gasteiger charge is 2.17. The van der Waals surface area contributed by atoms with Gasteiger partial charge in [-0.05, 0) is 20.0 Å². The Kier molecular flexibility index (Phi) is 3.80. The highest BCUT2D eigenvalue weighted by Crippen LogP contribution is 2.24. The van der Waals surface area contributed by atoms with E-state index >= 15 is 0 Å². The SMILES string of the molecule is CCn1nc(CC(NC)c2cscn2)c2ccccc21. The number of benzene rings is 1. The van der Waals surface area contributed by atoms with Gasteiger partial charge in [-0.15, -0.1) is 11.3 Å². The molecule has 0 saturated carbocycles. The predicted molar refractivity (Wildman–Crippen MR) is 83.0 cm³/mol. The molecule has 0 spiro atoms. The van der Waals surface area contributed by atoms with Crippen molar-refractivity contribution in [2.45, 2.75) is 25.9 Å². The van der Waals surface area contributed by atoms with Crippen molar-refractivity contribution < 1.29 is 0 Å². The standard InChI is InChI=1S/C15H18N4S/c1-3-19-15-7-5-4-6-11(15)12(18-19)8-13(16-2)14-9-20-10-17-14/h4-7,9-10,13,16H,3,8H2,1-2H3. The summed E-state index contributed by atoms with van der Waals surface area (Å²) in [6, 6.07) is 8.63. The fraction of sp³-hybridized carbons (Fsp3) is 0.333. The maximum absolute atomic E-state index is 4.76. The molecule has 1 unspecified atom stereocenters. The molecule has 0 aliphatic heterocycles. The van der Waals surface area contributed by atoms with Crippen LogP contribution < -0.4 is 5.32 Å². The lowest BCUT2D eigenvalue weighted by molar-refractivity contribution is 0.562. The third-order valence-electron chi connectivity index (χ3n) is 3.59. The molecule has 1 atom stereocenters. The second-order valence-electron chi connectivity index (χ2n) is 4.74. The Morgan fingerprint density at radius 3 is 2.90 bits per heavy atom. The molecule has 0 fully saturated rings. The summed E-state index contributed by atoms with van der Waals surface area (Å²) in [5.41, 5.74) is 5.31. The minimum atomic E-state index is 0.213. The smallest absolute Gasteiger partial charge is 0.0795 e. The first-order valence-electron chi connectivity index (χ1n) is 6.83. The Morgan fingerprint density at radius 1 is 1.35 bits per heavy atom. The molecule has 0 amide bonds. The van der Waals surface area contributed by atoms with Crippen LogP contribution in [0.4, 0.5) is 0 Å². The van der Waals surface area contributed by atoms with Crippen molar-refractivity contribution in [1.82, 2.24) is 20.1 Å². The normalized spacial score (nSPS) is 12.9. The lowest BCUT2D eigenvalue weighted by Gasteiger charge is -2.12. The largest absolute Gasteiger partial charge is 0.311 e. The lowest BCUT2D eigenvalue weighted by atomic mass is 10.1. The van der Waals surface area contributed by atoms with Gasteiger partial charge in [0.1, 0.15) is 0 Å². The summed E-state index contributed by atoms with van der Waals surface area (Å²) in [6.07, 6.45) is 0.855. The Bertz CT molecular complexity index is 687. The average molecular weight is 286 g/mol. The minimum absolute atomic E-state index is 0.213. The van der Waals surface area contributed by atoms with E-state index in [1.807, 2.05) is 12.6 Å². The van der Waals surface area contributed by atoms with Crippen LogP contribution in [0.3, 0.4) is 0 Å². The summed E-state index contributed by atoms with van der Waals surface area (Å²) in [7, 11) is 1.98. The van der Waals surface area contributed by atoms with Gasteiger partial charge in [0.05, 0.1) is 28.5 Å². The van der Waals surface area contributed by atoms with Crippen molar-refractivity contribution in [3.63, 3.8) is 0 Å². The Labute approximate surface area is 122 Å². The van der Waals surface area contributed by atoms with E-state index in [4.69, 9.17) is 5.10 Å². The maximum atomic E-state index is 4.76. The summed E-state index contributed by atoms with van der Waals surface area (Å²) in [4.78, 5) is 4.41. The molecule has 4 nitrogen and oxygen atoms in total. The van der Waals surface area contributed by atoms with E-state index in [1.54, 1.807) is 11.3 Å². The topological polar surface area (TPSA) is 42.7 Å². The van der Waals surface area contributed by atoms with Gasteiger partial charge in [0.2, 0.25) is 0 Å². The molecule has 3 aromatic rings. The second-order valence-corrected chi connectivity index (χ2v) is 5.46. The van der Waals surface area contributed by atoms with Crippen LogP contribution >= 0.6 is 11.3 Å². The van der Waals surface area contributed by atoms with Crippen LogP contribution in [0.5, 0.6) is 0 Å². The highest BCUT2D eigenvalue weighted by atomic mass is 32.1. The molecule has 0 radical (unpaired) electrons. The number of thiazole rings is 1. The molecule has 3 rings (SSSR count). The number of para-hydroxylation sites is 1. The molecule has 104 valence electrons. The molecule has 0 aliphatic carbocycles. The van der Waals surface area contributed by atoms with Crippen molar-refractivity contribution in [2.75, 3.05) is 7.05 Å². The molecule has 5 heteroatoms. The predicted octanol–water partition coefficient (Wildman–Crippen LogP) is 3.02. The van der Waals surface area contributed by atoms with Crippen LogP contribution in [0, 0.1) is 0 Å². The number of rotatable bonds is 5. The molecule has 1 N–H and O–H groups in total. The lowest BCUT2D eigenvalue weighted by Crippen LogP contribution is -2.19. The van der Waals surface area contributed by atoms with Gasteiger partial charge in [-0.2, -0.15) is 5.10 Å². The van der Waals surface area contributed by atoms with Crippen LogP contribution in [0.2, 0.25) is 0 Å². The summed E-state index contributed by atoms with van der Waals surface area (Å²) in [6.45, 7) is 3.01. The zero-order valence-electron chi connectivity index (χ0n) is 11.7. The van der Waals surface area contributed by atoms with Crippen LogP contribution in [-0.2, 0) is 13.0 Å². The first-order valence-corrected chi connectivity index (χ1v) is 7.77. The summed E-state index contributed by atoms with van der Waals surface area (Å²) in [5, 5.41) is 11.4. The number of hydrogen-bond donors (Lipinski definition) is 1.